The molecule has 1 unspecified atom stereocenters. The number of benzene rings is 1. The van der Waals surface area contributed by atoms with Gasteiger partial charge in [0.05, 0.1) is 6.67 Å². The SMILES string of the molecule is O=C(OC1CCC(c2ccc(CCF)cc2)=C(F)C1)C(F)(F)F. The average molecular weight is 334 g/mol. The van der Waals surface area contributed by atoms with Crippen LogP contribution in [0.5, 0.6) is 0 Å². The van der Waals surface area contributed by atoms with E-state index in [9.17, 15) is 26.7 Å². The molecule has 7 heteroatoms. The molecule has 2 nitrogen and oxygen atoms in total. The van der Waals surface area contributed by atoms with E-state index in [2.05, 4.69) is 4.74 Å². The molecule has 0 N–H and O–H groups in total. The van der Waals surface area contributed by atoms with E-state index in [0.29, 0.717) is 11.1 Å². The van der Waals surface area contributed by atoms with Crippen LogP contribution in [0.25, 0.3) is 5.57 Å². The smallest absolute Gasteiger partial charge is 0.455 e. The summed E-state index contributed by atoms with van der Waals surface area (Å²) in [5.41, 5.74) is 1.77. The molecule has 1 atom stereocenters. The molecule has 0 heterocycles. The van der Waals surface area contributed by atoms with Gasteiger partial charge in [-0.3, -0.25) is 4.39 Å². The van der Waals surface area contributed by atoms with Crippen molar-refractivity contribution >= 4 is 11.5 Å². The molecule has 0 amide bonds. The predicted molar refractivity (Wildman–Crippen MR) is 73.9 cm³/mol. The lowest BCUT2D eigenvalue weighted by molar-refractivity contribution is -0.205. The summed E-state index contributed by atoms with van der Waals surface area (Å²) in [6, 6.07) is 6.68. The van der Waals surface area contributed by atoms with Crippen molar-refractivity contribution in [2.45, 2.75) is 38.0 Å². The zero-order valence-electron chi connectivity index (χ0n) is 12.1. The standard InChI is InChI=1S/C16H15F5O2/c17-8-7-10-1-3-11(4-2-10)13-6-5-12(9-14(13)18)23-15(22)16(19,20)21/h1-4,12H,5-9H2. The van der Waals surface area contributed by atoms with Crippen molar-refractivity contribution in [1.82, 2.24) is 0 Å². The number of esters is 1. The fourth-order valence-electron chi connectivity index (χ4n) is 2.47. The van der Waals surface area contributed by atoms with Crippen molar-refractivity contribution in [3.63, 3.8) is 0 Å². The van der Waals surface area contributed by atoms with E-state index < -0.39 is 30.8 Å². The first-order valence-corrected chi connectivity index (χ1v) is 7.12. The zero-order chi connectivity index (χ0) is 17.0. The minimum absolute atomic E-state index is 0.122. The maximum Gasteiger partial charge on any atom is 0.490 e. The molecular formula is C16H15F5O2. The Morgan fingerprint density at radius 3 is 2.39 bits per heavy atom. The van der Waals surface area contributed by atoms with Gasteiger partial charge in [-0.2, -0.15) is 13.2 Å². The first kappa shape index (κ1) is 17.4. The van der Waals surface area contributed by atoms with Gasteiger partial charge < -0.3 is 4.74 Å². The molecule has 0 radical (unpaired) electrons. The quantitative estimate of drug-likeness (QED) is 0.597. The fraction of sp³-hybridized carbons (Fsp3) is 0.438. The topological polar surface area (TPSA) is 26.3 Å². The summed E-state index contributed by atoms with van der Waals surface area (Å²) in [6.07, 6.45) is -5.99. The van der Waals surface area contributed by atoms with Crippen molar-refractivity contribution in [2.75, 3.05) is 6.67 Å². The lowest BCUT2D eigenvalue weighted by atomic mass is 9.90. The molecule has 23 heavy (non-hydrogen) atoms. The lowest BCUT2D eigenvalue weighted by Gasteiger charge is -2.24. The maximum absolute atomic E-state index is 14.1. The van der Waals surface area contributed by atoms with E-state index >= 15 is 0 Å². The number of aryl methyl sites for hydroxylation is 1. The number of hydrogen-bond donors (Lipinski definition) is 0. The second kappa shape index (κ2) is 7.10. The largest absolute Gasteiger partial charge is 0.490 e. The molecule has 0 aliphatic heterocycles. The number of hydrogen-bond acceptors (Lipinski definition) is 2. The third-order valence-corrected chi connectivity index (χ3v) is 3.64. The molecule has 1 aromatic carbocycles. The fourth-order valence-corrected chi connectivity index (χ4v) is 2.47. The van der Waals surface area contributed by atoms with Crippen LogP contribution in [0.2, 0.25) is 0 Å². The van der Waals surface area contributed by atoms with Gasteiger partial charge >= 0.3 is 12.1 Å². The van der Waals surface area contributed by atoms with Crippen LogP contribution in [0, 0.1) is 0 Å². The predicted octanol–water partition coefficient (Wildman–Crippen LogP) is 4.54. The number of halogens is 5. The zero-order valence-corrected chi connectivity index (χ0v) is 12.1. The van der Waals surface area contributed by atoms with Crippen molar-refractivity contribution in [2.24, 2.45) is 0 Å². The number of carbonyl (C=O) groups excluding carboxylic acids is 1. The maximum atomic E-state index is 14.1. The highest BCUT2D eigenvalue weighted by Gasteiger charge is 2.42. The van der Waals surface area contributed by atoms with Crippen molar-refractivity contribution in [3.05, 3.63) is 41.2 Å². The first-order valence-electron chi connectivity index (χ1n) is 7.12. The minimum atomic E-state index is -5.08. The molecule has 1 aliphatic rings. The van der Waals surface area contributed by atoms with Gasteiger partial charge in [0.2, 0.25) is 0 Å². The van der Waals surface area contributed by atoms with Crippen LogP contribution in [0.15, 0.2) is 30.1 Å². The number of ether oxygens (including phenoxy) is 1. The molecule has 0 saturated heterocycles. The molecule has 0 fully saturated rings. The Morgan fingerprint density at radius 2 is 1.87 bits per heavy atom. The van der Waals surface area contributed by atoms with Crippen LogP contribution in [0.4, 0.5) is 22.0 Å². The number of rotatable bonds is 4. The summed E-state index contributed by atoms with van der Waals surface area (Å²) in [6.45, 7) is -0.483. The van der Waals surface area contributed by atoms with Crippen molar-refractivity contribution in [3.8, 4) is 0 Å². The Morgan fingerprint density at radius 1 is 1.22 bits per heavy atom. The highest BCUT2D eigenvalue weighted by Crippen LogP contribution is 2.35. The van der Waals surface area contributed by atoms with Crippen molar-refractivity contribution < 1.29 is 31.5 Å². The van der Waals surface area contributed by atoms with Crippen LogP contribution in [0.3, 0.4) is 0 Å². The van der Waals surface area contributed by atoms with E-state index in [4.69, 9.17) is 0 Å². The minimum Gasteiger partial charge on any atom is -0.455 e. The first-order chi connectivity index (χ1) is 10.8. The van der Waals surface area contributed by atoms with E-state index in [1.165, 1.54) is 0 Å². The Balaban J connectivity index is 2.05. The molecule has 1 aromatic rings. The van der Waals surface area contributed by atoms with Crippen LogP contribution < -0.4 is 0 Å². The van der Waals surface area contributed by atoms with Crippen molar-refractivity contribution in [1.29, 1.82) is 0 Å². The van der Waals surface area contributed by atoms with Gasteiger partial charge in [0.25, 0.3) is 0 Å². The second-order valence-electron chi connectivity index (χ2n) is 5.29. The molecule has 0 spiro atoms. The van der Waals surface area contributed by atoms with E-state index in [0.717, 1.165) is 5.56 Å². The third kappa shape index (κ3) is 4.53. The van der Waals surface area contributed by atoms with Gasteiger partial charge in [0.15, 0.2) is 0 Å². The highest BCUT2D eigenvalue weighted by atomic mass is 19.4. The molecule has 126 valence electrons. The van der Waals surface area contributed by atoms with Crippen LogP contribution in [-0.4, -0.2) is 24.9 Å². The van der Waals surface area contributed by atoms with Gasteiger partial charge in [-0.15, -0.1) is 0 Å². The van der Waals surface area contributed by atoms with E-state index in [-0.39, 0.29) is 25.7 Å². The molecule has 0 aromatic heterocycles. The number of carbonyl (C=O) groups is 1. The second-order valence-corrected chi connectivity index (χ2v) is 5.29. The van der Waals surface area contributed by atoms with Gasteiger partial charge in [0.1, 0.15) is 11.9 Å². The van der Waals surface area contributed by atoms with E-state index in [1.54, 1.807) is 24.3 Å². The molecule has 0 bridgehead atoms. The van der Waals surface area contributed by atoms with Gasteiger partial charge in [-0.1, -0.05) is 24.3 Å². The summed E-state index contributed by atoms with van der Waals surface area (Å²) < 4.78 is 67.1. The summed E-state index contributed by atoms with van der Waals surface area (Å²) in [7, 11) is 0. The average Bonchev–Trinajstić information content (AvgIpc) is 2.48. The Bertz CT molecular complexity index is 589. The molecular weight excluding hydrogens is 319 g/mol. The lowest BCUT2D eigenvalue weighted by Crippen LogP contribution is -2.31. The van der Waals surface area contributed by atoms with Crippen LogP contribution in [-0.2, 0) is 16.0 Å². The Labute approximate surface area is 129 Å². The highest BCUT2D eigenvalue weighted by molar-refractivity contribution is 5.76. The molecule has 1 aliphatic carbocycles. The third-order valence-electron chi connectivity index (χ3n) is 3.64. The van der Waals surface area contributed by atoms with E-state index in [1.807, 2.05) is 0 Å². The van der Waals surface area contributed by atoms with Crippen LogP contribution >= 0.6 is 0 Å². The van der Waals surface area contributed by atoms with Gasteiger partial charge in [-0.05, 0) is 29.5 Å². The summed E-state index contributed by atoms with van der Waals surface area (Å²) in [4.78, 5) is 10.8. The Kier molecular flexibility index (Phi) is 5.38. The number of alkyl halides is 4. The summed E-state index contributed by atoms with van der Waals surface area (Å²) >= 11 is 0. The van der Waals surface area contributed by atoms with Gasteiger partial charge in [0, 0.05) is 12.8 Å². The number of allylic oxidation sites excluding steroid dienone is 1. The molecule has 0 saturated carbocycles. The Hall–Kier alpha value is -1.92. The van der Waals surface area contributed by atoms with Gasteiger partial charge in [-0.25, -0.2) is 9.18 Å². The molecule has 2 rings (SSSR count). The summed E-state index contributed by atoms with van der Waals surface area (Å²) in [5, 5.41) is 0. The normalized spacial score (nSPS) is 18.9. The van der Waals surface area contributed by atoms with Crippen LogP contribution in [0.1, 0.15) is 30.4 Å². The monoisotopic (exact) mass is 334 g/mol. The summed E-state index contributed by atoms with van der Waals surface area (Å²) in [5.74, 6) is -2.89.